The van der Waals surface area contributed by atoms with Crippen LogP contribution in [0.5, 0.6) is 0 Å². The minimum absolute atomic E-state index is 0.197. The van der Waals surface area contributed by atoms with E-state index in [-0.39, 0.29) is 11.8 Å². The van der Waals surface area contributed by atoms with Crippen molar-refractivity contribution in [3.05, 3.63) is 72.9 Å². The number of aromatic nitrogens is 4. The number of carbonyl (C=O) groups is 2. The molecule has 1 N–H and O–H groups in total. The van der Waals surface area contributed by atoms with Gasteiger partial charge in [-0.1, -0.05) is 23.9 Å². The summed E-state index contributed by atoms with van der Waals surface area (Å²) < 4.78 is 7.47. The maximum atomic E-state index is 13.8. The third-order valence-corrected chi connectivity index (χ3v) is 6.96. The van der Waals surface area contributed by atoms with Crippen LogP contribution in [-0.4, -0.2) is 42.4 Å². The first-order valence-electron chi connectivity index (χ1n) is 11.1. The summed E-state index contributed by atoms with van der Waals surface area (Å²) in [4.78, 5) is 32.4. The van der Waals surface area contributed by atoms with Crippen molar-refractivity contribution in [3.63, 3.8) is 0 Å². The molecule has 178 valence electrons. The molecule has 3 aromatic heterocycles. The Balaban J connectivity index is 1.48. The Bertz CT molecular complexity index is 1370. The predicted molar refractivity (Wildman–Crippen MR) is 133 cm³/mol. The zero-order valence-electron chi connectivity index (χ0n) is 19.5. The van der Waals surface area contributed by atoms with Crippen LogP contribution in [0, 0.1) is 0 Å². The van der Waals surface area contributed by atoms with E-state index in [0.717, 1.165) is 11.3 Å². The zero-order chi connectivity index (χ0) is 24.6. The number of para-hydroxylation sites is 2. The fraction of sp³-hybridized carbons (Fsp3) is 0.240. The van der Waals surface area contributed by atoms with Gasteiger partial charge in [0.2, 0.25) is 11.8 Å². The van der Waals surface area contributed by atoms with Crippen molar-refractivity contribution in [1.29, 1.82) is 0 Å². The highest BCUT2D eigenvalue weighted by molar-refractivity contribution is 8.00. The number of pyridine rings is 1. The predicted octanol–water partition coefficient (Wildman–Crippen LogP) is 4.23. The zero-order valence-corrected chi connectivity index (χ0v) is 20.3. The average Bonchev–Trinajstić information content (AvgIpc) is 3.51. The number of thioether (sulfide) groups is 1. The van der Waals surface area contributed by atoms with Crippen LogP contribution in [0.1, 0.15) is 26.5 Å². The number of carbonyl (C=O) groups excluding carboxylic acids is 2. The summed E-state index contributed by atoms with van der Waals surface area (Å²) in [5.41, 5.74) is 1.04. The lowest BCUT2D eigenvalue weighted by Crippen LogP contribution is -2.60. The molecule has 10 heteroatoms. The van der Waals surface area contributed by atoms with E-state index in [1.807, 2.05) is 54.0 Å². The summed E-state index contributed by atoms with van der Waals surface area (Å²) >= 11 is 1.29. The lowest BCUT2D eigenvalue weighted by molar-refractivity contribution is -0.126. The maximum absolute atomic E-state index is 13.8. The molecule has 2 amide bonds. The molecular formula is C25H24N6O3S. The summed E-state index contributed by atoms with van der Waals surface area (Å²) in [6.45, 7) is 5.70. The fourth-order valence-electron chi connectivity index (χ4n) is 4.02. The van der Waals surface area contributed by atoms with Crippen molar-refractivity contribution in [1.82, 2.24) is 19.7 Å². The van der Waals surface area contributed by atoms with Gasteiger partial charge in [-0.2, -0.15) is 0 Å². The molecule has 1 aliphatic heterocycles. The first kappa shape index (κ1) is 22.9. The monoisotopic (exact) mass is 488 g/mol. The summed E-state index contributed by atoms with van der Waals surface area (Å²) in [6.07, 6.45) is 5.03. The van der Waals surface area contributed by atoms with Crippen LogP contribution in [-0.2, 0) is 16.1 Å². The van der Waals surface area contributed by atoms with Crippen molar-refractivity contribution in [2.75, 3.05) is 10.2 Å². The third kappa shape index (κ3) is 4.21. The lowest BCUT2D eigenvalue weighted by atomic mass is 9.96. The molecular weight excluding hydrogens is 464 g/mol. The largest absolute Gasteiger partial charge is 0.467 e. The number of nitrogens with zero attached hydrogens (tertiary/aromatic N) is 5. The van der Waals surface area contributed by atoms with Crippen LogP contribution in [0.25, 0.3) is 11.4 Å². The number of rotatable bonds is 6. The molecule has 0 bridgehead atoms. The Hall–Kier alpha value is -3.92. The van der Waals surface area contributed by atoms with Gasteiger partial charge in [0.25, 0.3) is 0 Å². The summed E-state index contributed by atoms with van der Waals surface area (Å²) in [6, 6.07) is 14.8. The van der Waals surface area contributed by atoms with Crippen LogP contribution in [0.15, 0.2) is 76.8 Å². The van der Waals surface area contributed by atoms with E-state index >= 15 is 0 Å². The summed E-state index contributed by atoms with van der Waals surface area (Å²) in [5, 5.41) is 11.7. The van der Waals surface area contributed by atoms with E-state index in [2.05, 4.69) is 20.5 Å². The highest BCUT2D eigenvalue weighted by Crippen LogP contribution is 2.39. The normalized spacial score (nSPS) is 15.4. The summed E-state index contributed by atoms with van der Waals surface area (Å²) in [5.74, 6) is 0.928. The van der Waals surface area contributed by atoms with Crippen LogP contribution >= 0.6 is 11.8 Å². The standard InChI is InChI=1S/C25H24N6O3S/c1-16(22(32)31-20-11-5-4-10-19(20)27-23(33)25(31,2)3)35-24-29-28-21(17-8-6-12-26-14-17)30(24)15-18-9-7-13-34-18/h4-14,16H,15H2,1-3H3,(H,27,33)/t16-/m0/s1. The second-order valence-electron chi connectivity index (χ2n) is 8.68. The molecule has 0 radical (unpaired) electrons. The molecule has 0 spiro atoms. The minimum atomic E-state index is -1.05. The van der Waals surface area contributed by atoms with Crippen LogP contribution in [0.3, 0.4) is 0 Å². The fourth-order valence-corrected chi connectivity index (χ4v) is 4.91. The number of nitrogens with one attached hydrogen (secondary N) is 1. The molecule has 1 atom stereocenters. The molecule has 5 rings (SSSR count). The Morgan fingerprint density at radius 2 is 1.97 bits per heavy atom. The molecule has 0 saturated carbocycles. The van der Waals surface area contributed by atoms with Crippen molar-refractivity contribution in [2.45, 2.75) is 43.3 Å². The van der Waals surface area contributed by atoms with E-state index in [4.69, 9.17) is 4.42 Å². The Morgan fingerprint density at radius 3 is 2.71 bits per heavy atom. The molecule has 0 unspecified atom stereocenters. The second kappa shape index (κ2) is 9.03. The van der Waals surface area contributed by atoms with Gasteiger partial charge < -0.3 is 9.73 Å². The van der Waals surface area contributed by atoms with Crippen LogP contribution in [0.2, 0.25) is 0 Å². The van der Waals surface area contributed by atoms with E-state index in [0.29, 0.717) is 28.9 Å². The van der Waals surface area contributed by atoms with E-state index in [1.165, 1.54) is 11.8 Å². The second-order valence-corrected chi connectivity index (χ2v) is 9.99. The Morgan fingerprint density at radius 1 is 1.14 bits per heavy atom. The number of hydrogen-bond donors (Lipinski definition) is 1. The quantitative estimate of drug-likeness (QED) is 0.405. The topological polar surface area (TPSA) is 106 Å². The van der Waals surface area contributed by atoms with Crippen molar-refractivity contribution in [3.8, 4) is 11.4 Å². The van der Waals surface area contributed by atoms with Gasteiger partial charge in [-0.05, 0) is 57.2 Å². The Labute approximate surface area is 206 Å². The van der Waals surface area contributed by atoms with Gasteiger partial charge in [0.05, 0.1) is 29.4 Å². The number of anilines is 2. The van der Waals surface area contributed by atoms with E-state index in [9.17, 15) is 9.59 Å². The SMILES string of the molecule is C[C@H](Sc1nnc(-c2cccnc2)n1Cc1ccco1)C(=O)N1c2ccccc2NC(=O)C1(C)C. The lowest BCUT2D eigenvalue weighted by Gasteiger charge is -2.43. The van der Waals surface area contributed by atoms with Gasteiger partial charge in [0.15, 0.2) is 11.0 Å². The van der Waals surface area contributed by atoms with E-state index < -0.39 is 10.8 Å². The molecule has 4 aromatic rings. The number of fused-ring (bicyclic) bond motifs is 1. The van der Waals surface area contributed by atoms with Gasteiger partial charge in [-0.3, -0.25) is 24.0 Å². The van der Waals surface area contributed by atoms with Gasteiger partial charge in [-0.15, -0.1) is 10.2 Å². The molecule has 1 aromatic carbocycles. The number of hydrogen-bond acceptors (Lipinski definition) is 7. The Kier molecular flexibility index (Phi) is 5.89. The average molecular weight is 489 g/mol. The molecule has 35 heavy (non-hydrogen) atoms. The smallest absolute Gasteiger partial charge is 0.250 e. The molecule has 1 aliphatic rings. The molecule has 9 nitrogen and oxygen atoms in total. The number of benzene rings is 1. The molecule has 0 saturated heterocycles. The first-order chi connectivity index (χ1) is 16.9. The van der Waals surface area contributed by atoms with Crippen molar-refractivity contribution >= 4 is 35.0 Å². The molecule has 4 heterocycles. The number of furan rings is 1. The highest BCUT2D eigenvalue weighted by atomic mass is 32.2. The van der Waals surface area contributed by atoms with Crippen LogP contribution in [0.4, 0.5) is 11.4 Å². The van der Waals surface area contributed by atoms with Gasteiger partial charge in [-0.25, -0.2) is 0 Å². The minimum Gasteiger partial charge on any atom is -0.467 e. The molecule has 0 fully saturated rings. The highest BCUT2D eigenvalue weighted by Gasteiger charge is 2.45. The molecule has 0 aliphatic carbocycles. The van der Waals surface area contributed by atoms with Crippen molar-refractivity contribution in [2.24, 2.45) is 0 Å². The van der Waals surface area contributed by atoms with E-state index in [1.54, 1.807) is 43.5 Å². The van der Waals surface area contributed by atoms with Crippen molar-refractivity contribution < 1.29 is 14.0 Å². The van der Waals surface area contributed by atoms with Crippen LogP contribution < -0.4 is 10.2 Å². The maximum Gasteiger partial charge on any atom is 0.250 e. The van der Waals surface area contributed by atoms with Gasteiger partial charge >= 0.3 is 0 Å². The van der Waals surface area contributed by atoms with Gasteiger partial charge in [0, 0.05) is 18.0 Å². The third-order valence-electron chi connectivity index (χ3n) is 5.89. The first-order valence-corrected chi connectivity index (χ1v) is 12.0. The van der Waals surface area contributed by atoms with Gasteiger partial charge in [0.1, 0.15) is 11.3 Å². The summed E-state index contributed by atoms with van der Waals surface area (Å²) in [7, 11) is 0. The number of amides is 2.